The monoisotopic (exact) mass is 247 g/mol. The normalized spacial score (nSPS) is 9.13. The first-order valence-electron chi connectivity index (χ1n) is 4.32. The minimum absolute atomic E-state index is 0.271. The lowest BCUT2D eigenvalue weighted by molar-refractivity contribution is -0.123. The minimum atomic E-state index is -0.340. The highest BCUT2D eigenvalue weighted by Crippen LogP contribution is 1.86. The number of hydrogen-bond acceptors (Lipinski definition) is 5. The van der Waals surface area contributed by atoms with Gasteiger partial charge in [-0.3, -0.25) is 9.59 Å². The number of hydrogen-bond donors (Lipinski definition) is 2. The molecule has 0 aliphatic carbocycles. The zero-order valence-corrected chi connectivity index (χ0v) is 9.77. The van der Waals surface area contributed by atoms with Gasteiger partial charge < -0.3 is 16.0 Å². The van der Waals surface area contributed by atoms with E-state index < -0.39 is 0 Å². The van der Waals surface area contributed by atoms with Crippen LogP contribution >= 0.6 is 24.4 Å². The summed E-state index contributed by atoms with van der Waals surface area (Å²) in [5.41, 5.74) is 5.33. The molecule has 0 rings (SSSR count). The number of carbonyl (C=O) groups excluding carboxylic acids is 2. The predicted octanol–water partition coefficient (Wildman–Crippen LogP) is -1.11. The zero-order chi connectivity index (χ0) is 11.7. The first-order chi connectivity index (χ1) is 7.15. The van der Waals surface area contributed by atoms with Crippen LogP contribution in [-0.2, 0) is 9.59 Å². The number of amides is 2. The minimum Gasteiger partial charge on any atom is -0.350 e. The Labute approximate surface area is 99.0 Å². The average molecular weight is 247 g/mol. The highest BCUT2D eigenvalue weighted by atomic mass is 32.1. The van der Waals surface area contributed by atoms with Crippen molar-refractivity contribution in [3.05, 3.63) is 0 Å². The van der Waals surface area contributed by atoms with Gasteiger partial charge in [0.1, 0.15) is 0 Å². The van der Waals surface area contributed by atoms with Crippen molar-refractivity contribution in [2.75, 3.05) is 26.2 Å². The standard InChI is InChI=1S/C8H13N3O2S2/c9-1-3-11(8(13)6-15)4-2-10-7(12)5-14/h5-6H,1-4,9H2,(H,10,12). The van der Waals surface area contributed by atoms with Gasteiger partial charge in [0.2, 0.25) is 0 Å². The van der Waals surface area contributed by atoms with E-state index >= 15 is 0 Å². The van der Waals surface area contributed by atoms with Crippen LogP contribution in [0.1, 0.15) is 0 Å². The van der Waals surface area contributed by atoms with E-state index in [4.69, 9.17) is 5.73 Å². The fraction of sp³-hybridized carbons (Fsp3) is 0.500. The molecule has 84 valence electrons. The molecule has 0 aromatic heterocycles. The summed E-state index contributed by atoms with van der Waals surface area (Å²) in [6, 6.07) is 0. The van der Waals surface area contributed by atoms with Gasteiger partial charge in [0.05, 0.1) is 10.7 Å². The van der Waals surface area contributed by atoms with Gasteiger partial charge in [-0.15, -0.1) is 0 Å². The fourth-order valence-corrected chi connectivity index (χ4v) is 1.15. The molecule has 2 amide bonds. The molecular weight excluding hydrogens is 234 g/mol. The molecule has 0 heterocycles. The fourth-order valence-electron chi connectivity index (χ4n) is 0.918. The van der Waals surface area contributed by atoms with Gasteiger partial charge >= 0.3 is 0 Å². The predicted molar refractivity (Wildman–Crippen MR) is 66.0 cm³/mol. The first kappa shape index (κ1) is 14.1. The van der Waals surface area contributed by atoms with Crippen LogP contribution in [0.3, 0.4) is 0 Å². The Kier molecular flexibility index (Phi) is 7.88. The summed E-state index contributed by atoms with van der Waals surface area (Å²) in [6.45, 7) is 1.48. The second-order valence-corrected chi connectivity index (χ2v) is 3.11. The summed E-state index contributed by atoms with van der Waals surface area (Å²) in [7, 11) is 0. The number of carbonyl (C=O) groups is 2. The lowest BCUT2D eigenvalue weighted by atomic mass is 10.4. The molecule has 0 fully saturated rings. The zero-order valence-electron chi connectivity index (χ0n) is 8.14. The summed E-state index contributed by atoms with van der Waals surface area (Å²) in [6.07, 6.45) is 0. The van der Waals surface area contributed by atoms with E-state index in [9.17, 15) is 9.59 Å². The summed E-state index contributed by atoms with van der Waals surface area (Å²) >= 11 is 8.94. The second-order valence-electron chi connectivity index (χ2n) is 2.64. The van der Waals surface area contributed by atoms with Crippen LogP contribution < -0.4 is 11.1 Å². The third-order valence-electron chi connectivity index (χ3n) is 1.60. The van der Waals surface area contributed by atoms with E-state index in [0.29, 0.717) is 26.2 Å². The van der Waals surface area contributed by atoms with Crippen molar-refractivity contribution < 1.29 is 9.59 Å². The SMILES string of the molecule is NCCN(CCNC(=O)C=S)C(=O)C=S. The van der Waals surface area contributed by atoms with Gasteiger partial charge in [-0.25, -0.2) is 0 Å². The Morgan fingerprint density at radius 1 is 1.27 bits per heavy atom. The molecule has 0 saturated heterocycles. The number of thiocarbonyl (C=S) groups is 2. The molecule has 5 nitrogen and oxygen atoms in total. The molecule has 0 unspecified atom stereocenters. The lowest BCUT2D eigenvalue weighted by Crippen LogP contribution is -2.41. The van der Waals surface area contributed by atoms with Crippen LogP contribution in [0.4, 0.5) is 0 Å². The van der Waals surface area contributed by atoms with Crippen molar-refractivity contribution in [2.45, 2.75) is 0 Å². The average Bonchev–Trinajstić information content (AvgIpc) is 2.26. The Bertz CT molecular complexity index is 258. The van der Waals surface area contributed by atoms with Gasteiger partial charge in [0.25, 0.3) is 11.8 Å². The van der Waals surface area contributed by atoms with E-state index in [-0.39, 0.29) is 11.8 Å². The summed E-state index contributed by atoms with van der Waals surface area (Å²) in [5.74, 6) is -0.612. The molecule has 7 heteroatoms. The van der Waals surface area contributed by atoms with E-state index in [1.165, 1.54) is 4.90 Å². The number of nitrogens with one attached hydrogen (secondary N) is 1. The van der Waals surface area contributed by atoms with E-state index in [1.807, 2.05) is 0 Å². The summed E-state index contributed by atoms with van der Waals surface area (Å²) in [5, 5.41) is 4.58. The van der Waals surface area contributed by atoms with Crippen LogP contribution in [0.15, 0.2) is 0 Å². The van der Waals surface area contributed by atoms with Crippen LogP contribution in [-0.4, -0.2) is 53.6 Å². The molecule has 0 aromatic rings. The van der Waals surface area contributed by atoms with Crippen molar-refractivity contribution in [3.8, 4) is 0 Å². The van der Waals surface area contributed by atoms with Crippen LogP contribution in [0.25, 0.3) is 0 Å². The molecule has 15 heavy (non-hydrogen) atoms. The molecule has 0 radical (unpaired) electrons. The maximum absolute atomic E-state index is 11.2. The third-order valence-corrected chi connectivity index (χ3v) is 2.02. The molecule has 0 aliphatic heterocycles. The third kappa shape index (κ3) is 6.21. The van der Waals surface area contributed by atoms with Gasteiger partial charge in [-0.1, -0.05) is 24.4 Å². The lowest BCUT2D eigenvalue weighted by Gasteiger charge is -2.19. The van der Waals surface area contributed by atoms with Crippen molar-refractivity contribution >= 4 is 47.0 Å². The van der Waals surface area contributed by atoms with Crippen molar-refractivity contribution in [3.63, 3.8) is 0 Å². The van der Waals surface area contributed by atoms with Crippen molar-refractivity contribution in [2.24, 2.45) is 5.73 Å². The Hall–Kier alpha value is -0.920. The van der Waals surface area contributed by atoms with Gasteiger partial charge in [-0.05, 0) is 0 Å². The number of nitrogens with two attached hydrogens (primary N) is 1. The Morgan fingerprint density at radius 2 is 1.93 bits per heavy atom. The van der Waals surface area contributed by atoms with Crippen LogP contribution in [0.2, 0.25) is 0 Å². The molecule has 0 aliphatic rings. The van der Waals surface area contributed by atoms with E-state index in [0.717, 1.165) is 10.7 Å². The quantitative estimate of drug-likeness (QED) is 0.558. The Morgan fingerprint density at radius 3 is 2.40 bits per heavy atom. The molecule has 0 spiro atoms. The van der Waals surface area contributed by atoms with Crippen molar-refractivity contribution in [1.82, 2.24) is 10.2 Å². The molecule has 0 aromatic carbocycles. The topological polar surface area (TPSA) is 75.4 Å². The molecule has 0 saturated carbocycles. The number of rotatable bonds is 7. The summed E-state index contributed by atoms with van der Waals surface area (Å²) < 4.78 is 0. The van der Waals surface area contributed by atoms with Crippen molar-refractivity contribution in [1.29, 1.82) is 0 Å². The largest absolute Gasteiger partial charge is 0.350 e. The maximum Gasteiger partial charge on any atom is 0.257 e. The highest BCUT2D eigenvalue weighted by molar-refractivity contribution is 7.80. The second kappa shape index (κ2) is 8.39. The molecule has 0 bridgehead atoms. The Balaban J connectivity index is 3.95. The maximum atomic E-state index is 11.2. The smallest absolute Gasteiger partial charge is 0.257 e. The van der Waals surface area contributed by atoms with E-state index in [1.54, 1.807) is 0 Å². The van der Waals surface area contributed by atoms with Crippen LogP contribution in [0, 0.1) is 0 Å². The molecule has 3 N–H and O–H groups in total. The van der Waals surface area contributed by atoms with Gasteiger partial charge in [0.15, 0.2) is 0 Å². The summed E-state index contributed by atoms with van der Waals surface area (Å²) in [4.78, 5) is 23.4. The van der Waals surface area contributed by atoms with Crippen LogP contribution in [0.5, 0.6) is 0 Å². The first-order valence-corrected chi connectivity index (χ1v) is 5.27. The van der Waals surface area contributed by atoms with Gasteiger partial charge in [-0.2, -0.15) is 0 Å². The molecule has 0 atom stereocenters. The van der Waals surface area contributed by atoms with E-state index in [2.05, 4.69) is 29.8 Å². The highest BCUT2D eigenvalue weighted by Gasteiger charge is 2.09. The number of nitrogens with zero attached hydrogens (tertiary/aromatic N) is 1. The molecular formula is C8H13N3O2S2. The van der Waals surface area contributed by atoms with Gasteiger partial charge in [0, 0.05) is 26.2 Å².